The van der Waals surface area contributed by atoms with Crippen molar-refractivity contribution < 1.29 is 0 Å². The third kappa shape index (κ3) is 2.15. The predicted octanol–water partition coefficient (Wildman–Crippen LogP) is 3.47. The van der Waals surface area contributed by atoms with Gasteiger partial charge < -0.3 is 10.6 Å². The van der Waals surface area contributed by atoms with Gasteiger partial charge in [-0.2, -0.15) is 0 Å². The van der Waals surface area contributed by atoms with E-state index in [2.05, 4.69) is 88.2 Å². The van der Waals surface area contributed by atoms with Gasteiger partial charge >= 0.3 is 0 Å². The predicted molar refractivity (Wildman–Crippen MR) is 98.8 cm³/mol. The number of hydrogen-bond acceptors (Lipinski definition) is 4. The minimum Gasteiger partial charge on any atom is -0.364 e. The molecule has 4 N–H and O–H groups in total. The Labute approximate surface area is 141 Å². The highest BCUT2D eigenvalue weighted by atomic mass is 15.4. The lowest BCUT2D eigenvalue weighted by Gasteiger charge is -2.35. The number of rotatable bonds is 2. The van der Waals surface area contributed by atoms with Crippen LogP contribution in [0.3, 0.4) is 0 Å². The maximum Gasteiger partial charge on any atom is 0.102 e. The van der Waals surface area contributed by atoms with Crippen molar-refractivity contribution in [3.63, 3.8) is 0 Å². The number of hydrazine groups is 1. The van der Waals surface area contributed by atoms with Crippen molar-refractivity contribution in [3.05, 3.63) is 72.3 Å². The van der Waals surface area contributed by atoms with Gasteiger partial charge in [0, 0.05) is 29.2 Å². The molecule has 4 heteroatoms. The maximum absolute atomic E-state index is 3.71. The van der Waals surface area contributed by atoms with Crippen LogP contribution in [-0.4, -0.2) is 12.7 Å². The molecule has 0 spiro atoms. The van der Waals surface area contributed by atoms with E-state index in [1.807, 2.05) is 0 Å². The zero-order valence-electron chi connectivity index (χ0n) is 13.3. The molecule has 24 heavy (non-hydrogen) atoms. The molecule has 3 aromatic carbocycles. The quantitative estimate of drug-likeness (QED) is 0.585. The first-order valence-corrected chi connectivity index (χ1v) is 8.48. The summed E-state index contributed by atoms with van der Waals surface area (Å²) < 4.78 is 0. The zero-order chi connectivity index (χ0) is 15.9. The van der Waals surface area contributed by atoms with E-state index in [9.17, 15) is 0 Å². The first-order chi connectivity index (χ1) is 11.9. The van der Waals surface area contributed by atoms with E-state index in [0.29, 0.717) is 5.92 Å². The van der Waals surface area contributed by atoms with Crippen LogP contribution in [0.25, 0.3) is 10.8 Å². The normalized spacial score (nSPS) is 23.0. The highest BCUT2D eigenvalue weighted by molar-refractivity contribution is 6.04. The van der Waals surface area contributed by atoms with E-state index in [4.69, 9.17) is 0 Å². The first kappa shape index (κ1) is 13.8. The average molecular weight is 316 g/mol. The van der Waals surface area contributed by atoms with E-state index >= 15 is 0 Å². The number of benzene rings is 3. The van der Waals surface area contributed by atoms with Crippen molar-refractivity contribution in [1.82, 2.24) is 10.9 Å². The fraction of sp³-hybridized carbons (Fsp3) is 0.200. The summed E-state index contributed by atoms with van der Waals surface area (Å²) in [7, 11) is 0. The van der Waals surface area contributed by atoms with Crippen LogP contribution in [0.2, 0.25) is 0 Å². The molecule has 0 aromatic heterocycles. The maximum atomic E-state index is 3.71. The Morgan fingerprint density at radius 2 is 1.46 bits per heavy atom. The molecule has 2 unspecified atom stereocenters. The molecule has 1 saturated heterocycles. The lowest BCUT2D eigenvalue weighted by Crippen LogP contribution is -2.42. The van der Waals surface area contributed by atoms with Crippen LogP contribution in [0, 0.1) is 5.92 Å². The van der Waals surface area contributed by atoms with E-state index in [0.717, 1.165) is 6.54 Å². The second kappa shape index (κ2) is 5.51. The molecule has 1 fully saturated rings. The van der Waals surface area contributed by atoms with Crippen LogP contribution < -0.4 is 21.5 Å². The third-order valence-corrected chi connectivity index (χ3v) is 5.14. The molecule has 3 aromatic rings. The molecule has 0 saturated carbocycles. The van der Waals surface area contributed by atoms with Gasteiger partial charge in [-0.05, 0) is 23.1 Å². The highest BCUT2D eigenvalue weighted by Crippen LogP contribution is 2.38. The van der Waals surface area contributed by atoms with Crippen LogP contribution >= 0.6 is 0 Å². The summed E-state index contributed by atoms with van der Waals surface area (Å²) in [5.74, 6) is 0.399. The Bertz CT molecular complexity index is 836. The molecule has 2 aliphatic rings. The lowest BCUT2D eigenvalue weighted by molar-refractivity contribution is 0.436. The van der Waals surface area contributed by atoms with Crippen molar-refractivity contribution in [2.45, 2.75) is 12.2 Å². The van der Waals surface area contributed by atoms with Crippen LogP contribution in [0.4, 0.5) is 11.4 Å². The summed E-state index contributed by atoms with van der Waals surface area (Å²) in [6, 6.07) is 23.8. The Hall–Kier alpha value is -2.56. The van der Waals surface area contributed by atoms with Gasteiger partial charge in [-0.3, -0.25) is 5.43 Å². The number of hydrogen-bond donors (Lipinski definition) is 4. The molecular weight excluding hydrogens is 296 g/mol. The molecule has 2 heterocycles. The molecule has 0 amide bonds. The summed E-state index contributed by atoms with van der Waals surface area (Å²) >= 11 is 0. The molecule has 2 aliphatic heterocycles. The molecule has 0 radical (unpaired) electrons. The summed E-state index contributed by atoms with van der Waals surface area (Å²) in [4.78, 5) is 0. The molecule has 0 bridgehead atoms. The molecule has 5 rings (SSSR count). The monoisotopic (exact) mass is 316 g/mol. The summed E-state index contributed by atoms with van der Waals surface area (Å²) in [5.41, 5.74) is 10.5. The fourth-order valence-corrected chi connectivity index (χ4v) is 3.98. The van der Waals surface area contributed by atoms with Crippen LogP contribution in [0.1, 0.15) is 11.6 Å². The van der Waals surface area contributed by atoms with E-state index < -0.39 is 0 Å². The van der Waals surface area contributed by atoms with Crippen LogP contribution in [0.15, 0.2) is 66.7 Å². The lowest BCUT2D eigenvalue weighted by atomic mass is 9.90. The van der Waals surface area contributed by atoms with Gasteiger partial charge in [0.25, 0.3) is 0 Å². The fourth-order valence-electron chi connectivity index (χ4n) is 3.98. The first-order valence-electron chi connectivity index (χ1n) is 8.48. The molecule has 4 nitrogen and oxygen atoms in total. The van der Waals surface area contributed by atoms with Gasteiger partial charge in [-0.25, -0.2) is 5.43 Å². The topological polar surface area (TPSA) is 48.1 Å². The largest absolute Gasteiger partial charge is 0.364 e. The van der Waals surface area contributed by atoms with Crippen molar-refractivity contribution >= 4 is 22.1 Å². The van der Waals surface area contributed by atoms with E-state index in [1.54, 1.807) is 0 Å². The standard InChI is InChI=1S/C20H20N4/c1-2-6-14(7-3-1)19-15(12-21-24-19)20-22-16-10-4-8-13-9-5-11-17(23-20)18(13)16/h1-11,15,19-24H,12H2. The molecule has 2 atom stereocenters. The SMILES string of the molecule is c1ccc(C2NNCC2C2Nc3cccc4cccc(c34)N2)cc1. The second-order valence-electron chi connectivity index (χ2n) is 6.55. The minimum absolute atomic E-state index is 0.179. The Morgan fingerprint density at radius 3 is 2.17 bits per heavy atom. The van der Waals surface area contributed by atoms with Gasteiger partial charge in [0.2, 0.25) is 0 Å². The van der Waals surface area contributed by atoms with Crippen molar-refractivity contribution in [2.75, 3.05) is 17.2 Å². The van der Waals surface area contributed by atoms with Crippen LogP contribution in [0.5, 0.6) is 0 Å². The Balaban J connectivity index is 1.50. The Morgan fingerprint density at radius 1 is 0.750 bits per heavy atom. The molecular formula is C20H20N4. The van der Waals surface area contributed by atoms with Gasteiger partial charge in [0.05, 0.1) is 6.04 Å². The number of anilines is 2. The molecule has 0 aliphatic carbocycles. The van der Waals surface area contributed by atoms with Gasteiger partial charge in [0.15, 0.2) is 0 Å². The summed E-state index contributed by atoms with van der Waals surface area (Å²) in [6.07, 6.45) is 0.179. The van der Waals surface area contributed by atoms with Gasteiger partial charge in [-0.1, -0.05) is 54.6 Å². The van der Waals surface area contributed by atoms with Crippen LogP contribution in [-0.2, 0) is 0 Å². The van der Waals surface area contributed by atoms with E-state index in [1.165, 1.54) is 27.7 Å². The smallest absolute Gasteiger partial charge is 0.102 e. The van der Waals surface area contributed by atoms with Crippen molar-refractivity contribution in [2.24, 2.45) is 5.92 Å². The average Bonchev–Trinajstić information content (AvgIpc) is 3.13. The summed E-state index contributed by atoms with van der Waals surface area (Å²) in [6.45, 7) is 0.919. The Kier molecular flexibility index (Phi) is 3.18. The van der Waals surface area contributed by atoms with Crippen molar-refractivity contribution in [1.29, 1.82) is 0 Å². The minimum atomic E-state index is 0.179. The zero-order valence-corrected chi connectivity index (χ0v) is 13.3. The third-order valence-electron chi connectivity index (χ3n) is 5.14. The summed E-state index contributed by atoms with van der Waals surface area (Å²) in [5, 5.41) is 9.98. The van der Waals surface area contributed by atoms with E-state index in [-0.39, 0.29) is 12.2 Å². The molecule has 120 valence electrons. The van der Waals surface area contributed by atoms with Gasteiger partial charge in [0.1, 0.15) is 6.17 Å². The highest BCUT2D eigenvalue weighted by Gasteiger charge is 2.36. The van der Waals surface area contributed by atoms with Crippen molar-refractivity contribution in [3.8, 4) is 0 Å². The second-order valence-corrected chi connectivity index (χ2v) is 6.55. The van der Waals surface area contributed by atoms with Gasteiger partial charge in [-0.15, -0.1) is 0 Å². The number of nitrogens with one attached hydrogen (secondary N) is 4.